The highest BCUT2D eigenvalue weighted by molar-refractivity contribution is 6.36. The van der Waals surface area contributed by atoms with Crippen LogP contribution in [0.25, 0.3) is 0 Å². The zero-order valence-corrected chi connectivity index (χ0v) is 15.0. The lowest BCUT2D eigenvalue weighted by molar-refractivity contribution is 0.107. The fourth-order valence-electron chi connectivity index (χ4n) is 1.73. The summed E-state index contributed by atoms with van der Waals surface area (Å²) in [6, 6.07) is 6.61. The van der Waals surface area contributed by atoms with Gasteiger partial charge in [-0.2, -0.15) is 0 Å². The molecule has 0 bridgehead atoms. The Bertz CT molecular complexity index is 341. The van der Waals surface area contributed by atoms with Gasteiger partial charge in [0.25, 0.3) is 0 Å². The van der Waals surface area contributed by atoms with Gasteiger partial charge < -0.3 is 13.3 Å². The molecule has 3 nitrogen and oxygen atoms in total. The van der Waals surface area contributed by atoms with Crippen LogP contribution in [0.5, 0.6) is 0 Å². The van der Waals surface area contributed by atoms with E-state index in [1.165, 1.54) is 16.7 Å². The van der Waals surface area contributed by atoms with E-state index in [0.29, 0.717) is 19.8 Å². The summed E-state index contributed by atoms with van der Waals surface area (Å²) < 4.78 is 15.7. The van der Waals surface area contributed by atoms with E-state index in [-0.39, 0.29) is 0 Å². The Balaban J connectivity index is 0.000000361. The van der Waals surface area contributed by atoms with Crippen LogP contribution in [0.2, 0.25) is 0 Å². The van der Waals surface area contributed by atoms with Crippen molar-refractivity contribution < 1.29 is 13.3 Å². The van der Waals surface area contributed by atoms with Gasteiger partial charge in [-0.1, -0.05) is 30.7 Å². The molecule has 0 saturated carbocycles. The van der Waals surface area contributed by atoms with Crippen LogP contribution >= 0.6 is 0 Å². The van der Waals surface area contributed by atoms with Crippen molar-refractivity contribution in [3.05, 3.63) is 34.9 Å². The molecule has 0 aliphatic carbocycles. The zero-order chi connectivity index (χ0) is 15.4. The predicted molar refractivity (Wildman–Crippen MR) is 87.3 cm³/mol. The van der Waals surface area contributed by atoms with Crippen LogP contribution in [0.15, 0.2) is 18.2 Å². The molecular formula is C16H30O3Si. The maximum absolute atomic E-state index is 5.22. The Kier molecular flexibility index (Phi) is 11.7. The van der Waals surface area contributed by atoms with Crippen LogP contribution in [0.4, 0.5) is 0 Å². The van der Waals surface area contributed by atoms with Gasteiger partial charge in [-0.05, 0) is 52.2 Å². The summed E-state index contributed by atoms with van der Waals surface area (Å²) in [6.45, 7) is 14.4. The Morgan fingerprint density at radius 3 is 1.70 bits per heavy atom. The van der Waals surface area contributed by atoms with E-state index in [9.17, 15) is 0 Å². The number of benzene rings is 1. The Labute approximate surface area is 126 Å². The van der Waals surface area contributed by atoms with E-state index in [1.807, 2.05) is 20.8 Å². The van der Waals surface area contributed by atoms with Gasteiger partial charge in [0, 0.05) is 19.8 Å². The second kappa shape index (κ2) is 12.1. The van der Waals surface area contributed by atoms with Crippen molar-refractivity contribution in [3.63, 3.8) is 0 Å². The van der Waals surface area contributed by atoms with Crippen LogP contribution in [0, 0.1) is 13.8 Å². The van der Waals surface area contributed by atoms with Gasteiger partial charge in [0.2, 0.25) is 0 Å². The Hall–Kier alpha value is -0.683. The minimum absolute atomic E-state index is 0.677. The number of aryl methyl sites for hydroxylation is 3. The lowest BCUT2D eigenvalue weighted by atomic mass is 10.0. The molecular weight excluding hydrogens is 268 g/mol. The monoisotopic (exact) mass is 298 g/mol. The summed E-state index contributed by atoms with van der Waals surface area (Å²) in [7, 11) is -1.73. The molecule has 0 radical (unpaired) electrons. The van der Waals surface area contributed by atoms with E-state index in [0.717, 1.165) is 6.42 Å². The molecule has 116 valence electrons. The van der Waals surface area contributed by atoms with E-state index >= 15 is 0 Å². The molecule has 1 rings (SSSR count). The highest BCUT2D eigenvalue weighted by atomic mass is 28.3. The van der Waals surface area contributed by atoms with Crippen LogP contribution in [0.1, 0.15) is 44.4 Å². The maximum atomic E-state index is 5.22. The molecule has 1 aromatic rings. The van der Waals surface area contributed by atoms with Gasteiger partial charge in [-0.3, -0.25) is 0 Å². The molecule has 0 saturated heterocycles. The van der Waals surface area contributed by atoms with Gasteiger partial charge in [-0.25, -0.2) is 0 Å². The van der Waals surface area contributed by atoms with Crippen molar-refractivity contribution in [2.75, 3.05) is 19.8 Å². The van der Waals surface area contributed by atoms with Gasteiger partial charge in [0.1, 0.15) is 0 Å². The first-order valence-corrected chi connectivity index (χ1v) is 8.91. The second-order valence-corrected chi connectivity index (χ2v) is 6.02. The lowest BCUT2D eigenvalue weighted by Gasteiger charge is -2.12. The number of hydrogen-bond donors (Lipinski definition) is 0. The third-order valence-electron chi connectivity index (χ3n) is 2.79. The molecule has 0 N–H and O–H groups in total. The first-order valence-electron chi connectivity index (χ1n) is 7.49. The smallest absolute Gasteiger partial charge is 0.376 e. The molecule has 0 spiro atoms. The maximum Gasteiger partial charge on any atom is 0.484 e. The highest BCUT2D eigenvalue weighted by Crippen LogP contribution is 2.10. The quantitative estimate of drug-likeness (QED) is 0.719. The summed E-state index contributed by atoms with van der Waals surface area (Å²) in [6.07, 6.45) is 1.15. The molecule has 20 heavy (non-hydrogen) atoms. The van der Waals surface area contributed by atoms with Gasteiger partial charge in [0.15, 0.2) is 0 Å². The van der Waals surface area contributed by atoms with Crippen LogP contribution in [-0.2, 0) is 19.7 Å². The van der Waals surface area contributed by atoms with Gasteiger partial charge in [-0.15, -0.1) is 0 Å². The average molecular weight is 298 g/mol. The van der Waals surface area contributed by atoms with E-state index in [4.69, 9.17) is 13.3 Å². The van der Waals surface area contributed by atoms with Crippen molar-refractivity contribution in [2.24, 2.45) is 0 Å². The highest BCUT2D eigenvalue weighted by Gasteiger charge is 2.11. The fourth-order valence-corrected chi connectivity index (χ4v) is 2.84. The first-order chi connectivity index (χ1) is 9.58. The Morgan fingerprint density at radius 2 is 1.35 bits per heavy atom. The summed E-state index contributed by atoms with van der Waals surface area (Å²) in [5.41, 5.74) is 4.25. The Morgan fingerprint density at radius 1 is 0.850 bits per heavy atom. The molecule has 0 aliphatic heterocycles. The average Bonchev–Trinajstić information content (AvgIpc) is 2.43. The topological polar surface area (TPSA) is 27.7 Å². The van der Waals surface area contributed by atoms with E-state index < -0.39 is 9.53 Å². The number of hydrogen-bond acceptors (Lipinski definition) is 3. The SMILES string of the molecule is CCO[SiH](OCC)OCC.CCc1cc(C)ccc1C. The summed E-state index contributed by atoms with van der Waals surface area (Å²) >= 11 is 0. The molecule has 0 aliphatic rings. The van der Waals surface area contributed by atoms with Crippen molar-refractivity contribution in [3.8, 4) is 0 Å². The minimum Gasteiger partial charge on any atom is -0.376 e. The molecule has 4 heteroatoms. The standard InChI is InChI=1S/C10H14.C6H16O3Si/c1-4-10-7-8(2)5-6-9(10)3;1-4-7-10(8-5-2)9-6-3/h5-7H,4H2,1-3H3;10H,4-6H2,1-3H3. The van der Waals surface area contributed by atoms with Gasteiger partial charge in [0.05, 0.1) is 0 Å². The van der Waals surface area contributed by atoms with Crippen molar-refractivity contribution in [1.82, 2.24) is 0 Å². The minimum atomic E-state index is -1.73. The van der Waals surface area contributed by atoms with Crippen LogP contribution < -0.4 is 0 Å². The molecule has 0 heterocycles. The van der Waals surface area contributed by atoms with Gasteiger partial charge >= 0.3 is 9.53 Å². The molecule has 0 fully saturated rings. The fraction of sp³-hybridized carbons (Fsp3) is 0.625. The first kappa shape index (κ1) is 19.3. The molecule has 0 aromatic heterocycles. The van der Waals surface area contributed by atoms with Crippen molar-refractivity contribution in [2.45, 2.75) is 48.0 Å². The van der Waals surface area contributed by atoms with E-state index in [1.54, 1.807) is 0 Å². The third-order valence-corrected chi connectivity index (χ3v) is 4.61. The van der Waals surface area contributed by atoms with E-state index in [2.05, 4.69) is 39.0 Å². The van der Waals surface area contributed by atoms with Crippen LogP contribution in [0.3, 0.4) is 0 Å². The summed E-state index contributed by atoms with van der Waals surface area (Å²) in [5.74, 6) is 0. The normalized spacial score (nSPS) is 10.3. The molecule has 0 amide bonds. The van der Waals surface area contributed by atoms with Crippen molar-refractivity contribution in [1.29, 1.82) is 0 Å². The largest absolute Gasteiger partial charge is 0.484 e. The third kappa shape index (κ3) is 8.48. The van der Waals surface area contributed by atoms with Crippen molar-refractivity contribution >= 4 is 9.53 Å². The lowest BCUT2D eigenvalue weighted by Crippen LogP contribution is -2.27. The summed E-state index contributed by atoms with van der Waals surface area (Å²) in [5, 5.41) is 0. The number of rotatable bonds is 7. The molecule has 0 unspecified atom stereocenters. The van der Waals surface area contributed by atoms with Crippen LogP contribution in [-0.4, -0.2) is 29.3 Å². The zero-order valence-electron chi connectivity index (χ0n) is 13.9. The molecule has 0 atom stereocenters. The summed E-state index contributed by atoms with van der Waals surface area (Å²) in [4.78, 5) is 0. The second-order valence-electron chi connectivity index (χ2n) is 4.44. The molecule has 1 aromatic carbocycles. The predicted octanol–water partition coefficient (Wildman–Crippen LogP) is 3.68.